The normalized spacial score (nSPS) is 20.2. The van der Waals surface area contributed by atoms with Gasteiger partial charge in [-0.2, -0.15) is 0 Å². The molecule has 0 aromatic rings. The quantitative estimate of drug-likeness (QED) is 0.338. The van der Waals surface area contributed by atoms with Gasteiger partial charge in [0, 0.05) is 6.54 Å². The van der Waals surface area contributed by atoms with Crippen LogP contribution in [-0.2, 0) is 14.9 Å². The first-order valence-electron chi connectivity index (χ1n) is 6.32. The third kappa shape index (κ3) is 11.9. The Labute approximate surface area is 161 Å². The average Bonchev–Trinajstić information content (AvgIpc) is 2.25. The fourth-order valence-electron chi connectivity index (χ4n) is 2.14. The summed E-state index contributed by atoms with van der Waals surface area (Å²) in [6.07, 6.45) is 6.89. The van der Waals surface area contributed by atoms with Crippen molar-refractivity contribution in [1.82, 2.24) is 4.72 Å². The van der Waals surface area contributed by atoms with E-state index in [-0.39, 0.29) is 10.3 Å². The fraction of sp³-hybridized carbons (Fsp3) is 0.833. The molecule has 1 N–H and O–H groups in total. The van der Waals surface area contributed by atoms with E-state index in [1.807, 2.05) is 0 Å². The summed E-state index contributed by atoms with van der Waals surface area (Å²) < 4.78 is 24.8. The van der Waals surface area contributed by atoms with Crippen LogP contribution >= 0.6 is 59.9 Å². The van der Waals surface area contributed by atoms with E-state index in [1.165, 1.54) is 18.2 Å². The van der Waals surface area contributed by atoms with Gasteiger partial charge in [-0.05, 0) is 37.5 Å². The molecule has 20 heavy (non-hydrogen) atoms. The first-order chi connectivity index (χ1) is 8.94. The van der Waals surface area contributed by atoms with E-state index in [2.05, 4.69) is 91.5 Å². The molecule has 1 aliphatic carbocycles. The van der Waals surface area contributed by atoms with Crippen LogP contribution in [0.25, 0.3) is 0 Å². The van der Waals surface area contributed by atoms with Crippen LogP contribution in [0.4, 0.5) is 0 Å². The molecule has 0 saturated carbocycles. The summed E-state index contributed by atoms with van der Waals surface area (Å²) in [7, 11) is -3.07. The number of sulfonamides is 1. The summed E-state index contributed by atoms with van der Waals surface area (Å²) in [4.78, 5) is -0.278. The van der Waals surface area contributed by atoms with Crippen molar-refractivity contribution >= 4 is 70.0 Å². The SMILES string of the molecule is CC1=CCC(C(C)(C)CNS(C)(=O)=O)CC1.[I][V]([I])[I]. The Hall–Kier alpha value is 2.42. The molecule has 1 aliphatic rings. The number of rotatable bonds is 4. The molecule has 0 aromatic carbocycles. The Bertz CT molecular complexity index is 422. The summed E-state index contributed by atoms with van der Waals surface area (Å²) >= 11 is 7.39. The second kappa shape index (κ2) is 10.3. The van der Waals surface area contributed by atoms with Crippen molar-refractivity contribution in [2.24, 2.45) is 11.3 Å². The molecule has 0 radical (unpaired) electrons. The second-order valence-corrected chi connectivity index (χ2v) is 43.0. The summed E-state index contributed by atoms with van der Waals surface area (Å²) in [5.74, 6) is 0.574. The second-order valence-electron chi connectivity index (χ2n) is 5.80. The molecule has 0 spiro atoms. The van der Waals surface area contributed by atoms with Gasteiger partial charge in [0.1, 0.15) is 0 Å². The Balaban J connectivity index is 0.000000796. The van der Waals surface area contributed by atoms with Gasteiger partial charge in [0.05, 0.1) is 6.26 Å². The first-order valence-corrected chi connectivity index (χ1v) is 21.7. The van der Waals surface area contributed by atoms with Crippen LogP contribution in [0.3, 0.4) is 0 Å². The molecule has 120 valence electrons. The number of hydrogen-bond donors (Lipinski definition) is 1. The molecule has 3 nitrogen and oxygen atoms in total. The van der Waals surface area contributed by atoms with Crippen LogP contribution in [0.2, 0.25) is 0 Å². The van der Waals surface area contributed by atoms with Gasteiger partial charge < -0.3 is 0 Å². The molecule has 8 heteroatoms. The molecule has 1 atom stereocenters. The molecule has 1 rings (SSSR count). The maximum atomic E-state index is 11.1. The van der Waals surface area contributed by atoms with Gasteiger partial charge in [0.15, 0.2) is 0 Å². The molecule has 0 saturated heterocycles. The van der Waals surface area contributed by atoms with Crippen molar-refractivity contribution < 1.29 is 13.3 Å². The first kappa shape index (κ1) is 22.4. The minimum atomic E-state index is -3.07. The molecule has 0 bridgehead atoms. The van der Waals surface area contributed by atoms with Crippen molar-refractivity contribution in [3.63, 3.8) is 0 Å². The van der Waals surface area contributed by atoms with Crippen molar-refractivity contribution in [2.75, 3.05) is 12.8 Å². The molecule has 0 heterocycles. The van der Waals surface area contributed by atoms with E-state index in [0.717, 1.165) is 12.8 Å². The van der Waals surface area contributed by atoms with Gasteiger partial charge in [0.2, 0.25) is 10.0 Å². The molecule has 0 aliphatic heterocycles. The molecule has 0 fully saturated rings. The van der Waals surface area contributed by atoms with Crippen molar-refractivity contribution in [3.8, 4) is 0 Å². The molecular weight excluding hydrogens is 654 g/mol. The van der Waals surface area contributed by atoms with E-state index in [4.69, 9.17) is 0 Å². The van der Waals surface area contributed by atoms with Crippen LogP contribution in [0.15, 0.2) is 11.6 Å². The van der Waals surface area contributed by atoms with Gasteiger partial charge in [-0.25, -0.2) is 13.1 Å². The Kier molecular flexibility index (Phi) is 11.6. The monoisotopic (exact) mass is 677 g/mol. The van der Waals surface area contributed by atoms with Crippen LogP contribution in [0.5, 0.6) is 0 Å². The predicted octanol–water partition coefficient (Wildman–Crippen LogP) is 4.96. The standard InChI is InChI=1S/C12H23NO2S.3HI.V/c1-10-5-7-11(8-6-10)12(2,3)9-13-16(4,14)15;;;;/h5,11,13H,6-9H2,1-4H3;3*1H;/q;;;;+3/p-3. The third-order valence-electron chi connectivity index (χ3n) is 3.53. The van der Waals surface area contributed by atoms with Gasteiger partial charge in [-0.15, -0.1) is 0 Å². The Morgan fingerprint density at radius 3 is 2.25 bits per heavy atom. The fourth-order valence-corrected chi connectivity index (χ4v) is 2.77. The van der Waals surface area contributed by atoms with Gasteiger partial charge in [0.25, 0.3) is 0 Å². The van der Waals surface area contributed by atoms with E-state index in [1.54, 1.807) is 0 Å². The molecular formula is C12H23I3NO2SV. The average molecular weight is 677 g/mol. The summed E-state index contributed by atoms with van der Waals surface area (Å²) in [6.45, 7) is 6.98. The number of allylic oxidation sites excluding steroid dienone is 2. The number of hydrogen-bond acceptors (Lipinski definition) is 2. The predicted molar refractivity (Wildman–Crippen MR) is 110 cm³/mol. The van der Waals surface area contributed by atoms with E-state index in [9.17, 15) is 8.42 Å². The molecule has 1 unspecified atom stereocenters. The summed E-state index contributed by atoms with van der Waals surface area (Å²) in [5, 5.41) is 0. The van der Waals surface area contributed by atoms with Crippen molar-refractivity contribution in [1.29, 1.82) is 0 Å². The van der Waals surface area contributed by atoms with Gasteiger partial charge >= 0.3 is 64.9 Å². The summed E-state index contributed by atoms with van der Waals surface area (Å²) in [5.41, 5.74) is 1.49. The Morgan fingerprint density at radius 2 is 1.90 bits per heavy atom. The summed E-state index contributed by atoms with van der Waals surface area (Å²) in [6, 6.07) is 0. The van der Waals surface area contributed by atoms with Crippen LogP contribution in [-0.4, -0.2) is 21.2 Å². The van der Waals surface area contributed by atoms with E-state index >= 15 is 0 Å². The zero-order valence-electron chi connectivity index (χ0n) is 12.3. The van der Waals surface area contributed by atoms with Gasteiger partial charge in [-0.3, -0.25) is 0 Å². The van der Waals surface area contributed by atoms with Crippen molar-refractivity contribution in [2.45, 2.75) is 40.0 Å². The molecule has 0 aromatic heterocycles. The topological polar surface area (TPSA) is 46.2 Å². The Morgan fingerprint density at radius 1 is 1.40 bits per heavy atom. The maximum absolute atomic E-state index is 11.1. The van der Waals surface area contributed by atoms with Crippen LogP contribution < -0.4 is 4.72 Å². The van der Waals surface area contributed by atoms with E-state index < -0.39 is 10.0 Å². The van der Waals surface area contributed by atoms with E-state index in [0.29, 0.717) is 12.5 Å². The number of halogens is 3. The molecule has 0 amide bonds. The van der Waals surface area contributed by atoms with Crippen molar-refractivity contribution in [3.05, 3.63) is 11.6 Å². The van der Waals surface area contributed by atoms with Crippen LogP contribution in [0.1, 0.15) is 40.0 Å². The van der Waals surface area contributed by atoms with Gasteiger partial charge in [-0.1, -0.05) is 25.5 Å². The zero-order valence-corrected chi connectivity index (χ0v) is 21.0. The minimum absolute atomic E-state index is 0.0281. The third-order valence-corrected chi connectivity index (χ3v) is 4.20. The number of nitrogens with one attached hydrogen (secondary N) is 1. The zero-order chi connectivity index (χ0) is 16.0. The van der Waals surface area contributed by atoms with Crippen LogP contribution in [0, 0.1) is 11.3 Å².